The van der Waals surface area contributed by atoms with Crippen LogP contribution in [0.1, 0.15) is 36.6 Å². The Labute approximate surface area is 192 Å². The maximum Gasteiger partial charge on any atom is 0.410 e. The second-order valence-corrected chi connectivity index (χ2v) is 8.57. The van der Waals surface area contributed by atoms with Crippen LogP contribution in [0.5, 0.6) is 5.75 Å². The van der Waals surface area contributed by atoms with Gasteiger partial charge in [-0.2, -0.15) is 0 Å². The molecule has 31 heavy (non-hydrogen) atoms. The Kier molecular flexibility index (Phi) is 7.68. The van der Waals surface area contributed by atoms with Crippen molar-refractivity contribution in [3.05, 3.63) is 63.1 Å². The molecule has 8 heteroatoms. The third-order valence-corrected chi connectivity index (χ3v) is 5.55. The molecule has 0 aliphatic carbocycles. The SMILES string of the molecule is COC(=O)C1c2ccc(OCc3cc(Cl)ccc3Cl)cc2CCN1C(=O)OCC(C)C. The van der Waals surface area contributed by atoms with Gasteiger partial charge in [-0.3, -0.25) is 4.90 Å². The third kappa shape index (κ3) is 5.63. The average molecular weight is 466 g/mol. The van der Waals surface area contributed by atoms with E-state index in [1.807, 2.05) is 19.9 Å². The lowest BCUT2D eigenvalue weighted by molar-refractivity contribution is -0.147. The molecule has 0 saturated carbocycles. The van der Waals surface area contributed by atoms with Gasteiger partial charge in [0.1, 0.15) is 12.4 Å². The summed E-state index contributed by atoms with van der Waals surface area (Å²) in [7, 11) is 1.31. The number of benzene rings is 2. The second-order valence-electron chi connectivity index (χ2n) is 7.72. The quantitative estimate of drug-likeness (QED) is 0.531. The molecule has 1 aliphatic rings. The highest BCUT2D eigenvalue weighted by Gasteiger charge is 2.37. The molecule has 1 atom stereocenters. The van der Waals surface area contributed by atoms with Crippen molar-refractivity contribution in [3.8, 4) is 5.75 Å². The van der Waals surface area contributed by atoms with Crippen molar-refractivity contribution < 1.29 is 23.8 Å². The lowest BCUT2D eigenvalue weighted by Gasteiger charge is -2.35. The zero-order chi connectivity index (χ0) is 22.5. The lowest BCUT2D eigenvalue weighted by Crippen LogP contribution is -2.44. The van der Waals surface area contributed by atoms with Crippen molar-refractivity contribution in [2.45, 2.75) is 32.9 Å². The second kappa shape index (κ2) is 10.2. The fourth-order valence-corrected chi connectivity index (χ4v) is 3.76. The predicted molar refractivity (Wildman–Crippen MR) is 119 cm³/mol. The fourth-order valence-electron chi connectivity index (χ4n) is 3.39. The van der Waals surface area contributed by atoms with Crippen LogP contribution in [0, 0.1) is 5.92 Å². The molecule has 0 aromatic heterocycles. The van der Waals surface area contributed by atoms with Crippen LogP contribution in [-0.4, -0.2) is 37.2 Å². The van der Waals surface area contributed by atoms with E-state index in [9.17, 15) is 9.59 Å². The molecule has 1 unspecified atom stereocenters. The van der Waals surface area contributed by atoms with Gasteiger partial charge in [0.05, 0.1) is 13.7 Å². The molecule has 2 aromatic rings. The van der Waals surface area contributed by atoms with Crippen LogP contribution in [0.2, 0.25) is 10.0 Å². The number of hydrogen-bond donors (Lipinski definition) is 0. The predicted octanol–water partition coefficient (Wildman–Crippen LogP) is 5.44. The largest absolute Gasteiger partial charge is 0.489 e. The van der Waals surface area contributed by atoms with Gasteiger partial charge in [0, 0.05) is 22.2 Å². The Morgan fingerprint density at radius 1 is 1.16 bits per heavy atom. The minimum atomic E-state index is -0.857. The van der Waals surface area contributed by atoms with Crippen LogP contribution in [0.3, 0.4) is 0 Å². The molecule has 0 N–H and O–H groups in total. The average Bonchev–Trinajstić information content (AvgIpc) is 2.76. The van der Waals surface area contributed by atoms with E-state index in [1.54, 1.807) is 30.3 Å². The topological polar surface area (TPSA) is 65.1 Å². The number of hydrogen-bond acceptors (Lipinski definition) is 5. The molecule has 0 bridgehead atoms. The highest BCUT2D eigenvalue weighted by Crippen LogP contribution is 2.34. The number of carbonyl (C=O) groups excluding carboxylic acids is 2. The molecule has 0 spiro atoms. The van der Waals surface area contributed by atoms with Crippen LogP contribution in [-0.2, 0) is 27.3 Å². The molecular formula is C23H25Cl2NO5. The summed E-state index contributed by atoms with van der Waals surface area (Å²) in [5.74, 6) is 0.321. The van der Waals surface area contributed by atoms with Crippen molar-refractivity contribution in [1.29, 1.82) is 0 Å². The Morgan fingerprint density at radius 2 is 1.94 bits per heavy atom. The number of amides is 1. The van der Waals surface area contributed by atoms with Gasteiger partial charge in [0.2, 0.25) is 0 Å². The number of fused-ring (bicyclic) bond motifs is 1. The van der Waals surface area contributed by atoms with E-state index >= 15 is 0 Å². The summed E-state index contributed by atoms with van der Waals surface area (Å²) in [5.41, 5.74) is 2.39. The van der Waals surface area contributed by atoms with E-state index in [-0.39, 0.29) is 19.1 Å². The zero-order valence-corrected chi connectivity index (χ0v) is 19.2. The number of carbonyl (C=O) groups is 2. The van der Waals surface area contributed by atoms with E-state index in [0.29, 0.717) is 34.3 Å². The van der Waals surface area contributed by atoms with Crippen molar-refractivity contribution in [1.82, 2.24) is 4.90 Å². The van der Waals surface area contributed by atoms with Crippen LogP contribution in [0.15, 0.2) is 36.4 Å². The number of esters is 1. The first-order valence-electron chi connectivity index (χ1n) is 10.0. The van der Waals surface area contributed by atoms with Gasteiger partial charge in [-0.1, -0.05) is 43.1 Å². The Morgan fingerprint density at radius 3 is 2.65 bits per heavy atom. The number of rotatable bonds is 6. The molecule has 6 nitrogen and oxygen atoms in total. The van der Waals surface area contributed by atoms with E-state index in [2.05, 4.69) is 0 Å². The molecule has 1 heterocycles. The van der Waals surface area contributed by atoms with Crippen molar-refractivity contribution in [2.75, 3.05) is 20.3 Å². The van der Waals surface area contributed by atoms with Gasteiger partial charge >= 0.3 is 12.1 Å². The molecule has 1 amide bonds. The first-order chi connectivity index (χ1) is 14.8. The number of halogens is 2. The van der Waals surface area contributed by atoms with Crippen molar-refractivity contribution in [3.63, 3.8) is 0 Å². The smallest absolute Gasteiger partial charge is 0.410 e. The zero-order valence-electron chi connectivity index (χ0n) is 17.7. The number of methoxy groups -OCH3 is 1. The summed E-state index contributed by atoms with van der Waals surface area (Å²) >= 11 is 12.2. The van der Waals surface area contributed by atoms with Crippen molar-refractivity contribution in [2.24, 2.45) is 5.92 Å². The minimum absolute atomic E-state index is 0.199. The Balaban J connectivity index is 1.79. The molecule has 2 aromatic carbocycles. The van der Waals surface area contributed by atoms with Crippen LogP contribution in [0.25, 0.3) is 0 Å². The van der Waals surface area contributed by atoms with Gasteiger partial charge in [-0.05, 0) is 53.8 Å². The lowest BCUT2D eigenvalue weighted by atomic mass is 9.92. The first kappa shape index (κ1) is 23.2. The summed E-state index contributed by atoms with van der Waals surface area (Å²) in [6.45, 7) is 4.79. The van der Waals surface area contributed by atoms with Crippen LogP contribution >= 0.6 is 23.2 Å². The molecule has 166 valence electrons. The summed E-state index contributed by atoms with van der Waals surface area (Å²) in [4.78, 5) is 26.5. The first-order valence-corrected chi connectivity index (χ1v) is 10.8. The molecule has 0 saturated heterocycles. The van der Waals surface area contributed by atoms with Crippen LogP contribution in [0.4, 0.5) is 4.79 Å². The molecule has 0 fully saturated rings. The molecule has 3 rings (SSSR count). The van der Waals surface area contributed by atoms with Crippen molar-refractivity contribution >= 4 is 35.3 Å². The molecule has 1 aliphatic heterocycles. The molecule has 0 radical (unpaired) electrons. The Hall–Kier alpha value is -2.44. The minimum Gasteiger partial charge on any atom is -0.489 e. The maximum absolute atomic E-state index is 12.6. The molecular weight excluding hydrogens is 441 g/mol. The third-order valence-electron chi connectivity index (χ3n) is 4.94. The van der Waals surface area contributed by atoms with Gasteiger partial charge in [0.15, 0.2) is 6.04 Å². The van der Waals surface area contributed by atoms with Crippen LogP contribution < -0.4 is 4.74 Å². The normalized spacial score (nSPS) is 15.4. The number of ether oxygens (including phenoxy) is 3. The fraction of sp³-hybridized carbons (Fsp3) is 0.391. The van der Waals surface area contributed by atoms with Gasteiger partial charge in [0.25, 0.3) is 0 Å². The summed E-state index contributed by atoms with van der Waals surface area (Å²) in [6.07, 6.45) is 0.0417. The van der Waals surface area contributed by atoms with E-state index < -0.39 is 18.1 Å². The van der Waals surface area contributed by atoms with E-state index in [1.165, 1.54) is 12.0 Å². The maximum atomic E-state index is 12.6. The summed E-state index contributed by atoms with van der Waals surface area (Å²) < 4.78 is 16.2. The summed E-state index contributed by atoms with van der Waals surface area (Å²) in [6, 6.07) is 9.77. The Bertz CT molecular complexity index is 963. The van der Waals surface area contributed by atoms with Gasteiger partial charge in [-0.15, -0.1) is 0 Å². The monoisotopic (exact) mass is 465 g/mol. The highest BCUT2D eigenvalue weighted by atomic mass is 35.5. The van der Waals surface area contributed by atoms with Gasteiger partial charge in [-0.25, -0.2) is 9.59 Å². The van der Waals surface area contributed by atoms with Gasteiger partial charge < -0.3 is 14.2 Å². The standard InChI is InChI=1S/C23H25Cl2NO5/c1-14(2)12-31-23(28)26-9-8-15-11-18(5-6-19(15)21(26)22(27)29-3)30-13-16-10-17(24)4-7-20(16)25/h4-7,10-11,14,21H,8-9,12-13H2,1-3H3. The summed E-state index contributed by atoms with van der Waals surface area (Å²) in [5, 5.41) is 1.16. The van der Waals surface area contributed by atoms with E-state index in [0.717, 1.165) is 11.1 Å². The highest BCUT2D eigenvalue weighted by molar-refractivity contribution is 6.33. The number of nitrogens with zero attached hydrogens (tertiary/aromatic N) is 1. The van der Waals surface area contributed by atoms with E-state index in [4.69, 9.17) is 37.4 Å².